The predicted molar refractivity (Wildman–Crippen MR) is 76.5 cm³/mol. The van der Waals surface area contributed by atoms with E-state index in [0.717, 1.165) is 12.0 Å². The van der Waals surface area contributed by atoms with E-state index in [4.69, 9.17) is 5.11 Å². The Morgan fingerprint density at radius 3 is 2.67 bits per heavy atom. The molecule has 4 heteroatoms. The van der Waals surface area contributed by atoms with Gasteiger partial charge in [-0.1, -0.05) is 37.3 Å². The van der Waals surface area contributed by atoms with E-state index in [0.29, 0.717) is 17.5 Å². The molecule has 0 aliphatic heterocycles. The van der Waals surface area contributed by atoms with E-state index in [1.807, 2.05) is 44.3 Å². The van der Waals surface area contributed by atoms with Crippen LogP contribution < -0.4 is 0 Å². The van der Waals surface area contributed by atoms with Crippen LogP contribution in [-0.2, 0) is 11.3 Å². The van der Waals surface area contributed by atoms with Crippen molar-refractivity contribution in [1.29, 1.82) is 0 Å². The quantitative estimate of drug-likeness (QED) is 0.823. The molecule has 0 saturated heterocycles. The molecule has 3 nitrogen and oxygen atoms in total. The van der Waals surface area contributed by atoms with Gasteiger partial charge in [0, 0.05) is 25.4 Å². The summed E-state index contributed by atoms with van der Waals surface area (Å²) >= 11 is 1.60. The number of hydrogen-bond donors (Lipinski definition) is 1. The molecule has 0 saturated carbocycles. The Hall–Kier alpha value is -1.00. The number of benzene rings is 1. The molecule has 18 heavy (non-hydrogen) atoms. The van der Waals surface area contributed by atoms with Gasteiger partial charge < -0.3 is 10.0 Å². The fourth-order valence-electron chi connectivity index (χ4n) is 1.53. The minimum absolute atomic E-state index is 0.133. The van der Waals surface area contributed by atoms with E-state index in [9.17, 15) is 4.79 Å². The summed E-state index contributed by atoms with van der Waals surface area (Å²) in [6.07, 6.45) is 0.736. The molecule has 1 aromatic rings. The largest absolute Gasteiger partial charge is 0.396 e. The van der Waals surface area contributed by atoms with Gasteiger partial charge in [0.2, 0.25) is 5.91 Å². The smallest absolute Gasteiger partial charge is 0.232 e. The Kier molecular flexibility index (Phi) is 6.83. The number of nitrogens with zero attached hydrogens (tertiary/aromatic N) is 1. The lowest BCUT2D eigenvalue weighted by atomic mass is 10.2. The third-order valence-corrected chi connectivity index (χ3v) is 3.93. The number of aliphatic hydroxyl groups is 1. The van der Waals surface area contributed by atoms with Gasteiger partial charge in [-0.2, -0.15) is 0 Å². The molecule has 0 spiro atoms. The molecule has 0 aromatic heterocycles. The van der Waals surface area contributed by atoms with Gasteiger partial charge in [-0.15, -0.1) is 11.8 Å². The third kappa shape index (κ3) is 5.56. The molecule has 1 unspecified atom stereocenters. The predicted octanol–water partition coefficient (Wildman–Crippen LogP) is 2.15. The van der Waals surface area contributed by atoms with Gasteiger partial charge in [0.1, 0.15) is 0 Å². The van der Waals surface area contributed by atoms with E-state index >= 15 is 0 Å². The maximum Gasteiger partial charge on any atom is 0.232 e. The molecule has 1 N–H and O–H groups in total. The van der Waals surface area contributed by atoms with Crippen LogP contribution in [0.4, 0.5) is 0 Å². The van der Waals surface area contributed by atoms with Crippen LogP contribution in [0, 0.1) is 0 Å². The van der Waals surface area contributed by atoms with Crippen molar-refractivity contribution < 1.29 is 9.90 Å². The number of aliphatic hydroxyl groups excluding tert-OH is 1. The molecule has 0 radical (unpaired) electrons. The number of hydrogen-bond acceptors (Lipinski definition) is 3. The van der Waals surface area contributed by atoms with Crippen molar-refractivity contribution in [3.8, 4) is 0 Å². The van der Waals surface area contributed by atoms with E-state index in [-0.39, 0.29) is 12.5 Å². The number of thioether (sulfide) groups is 1. The summed E-state index contributed by atoms with van der Waals surface area (Å²) in [6.45, 7) is 2.86. The lowest BCUT2D eigenvalue weighted by molar-refractivity contribution is -0.127. The van der Waals surface area contributed by atoms with Crippen molar-refractivity contribution in [2.75, 3.05) is 19.4 Å². The van der Waals surface area contributed by atoms with Gasteiger partial charge in [-0.05, 0) is 12.0 Å². The molecule has 1 aromatic carbocycles. The summed E-state index contributed by atoms with van der Waals surface area (Å²) in [6, 6.07) is 9.96. The number of amides is 1. The lowest BCUT2D eigenvalue weighted by Crippen LogP contribution is -2.28. The minimum atomic E-state index is 0.133. The van der Waals surface area contributed by atoms with Crippen molar-refractivity contribution in [3.63, 3.8) is 0 Å². The summed E-state index contributed by atoms with van der Waals surface area (Å²) in [5, 5.41) is 9.12. The highest BCUT2D eigenvalue weighted by Gasteiger charge is 2.11. The van der Waals surface area contributed by atoms with Crippen LogP contribution in [0.3, 0.4) is 0 Å². The molecule has 1 amide bonds. The van der Waals surface area contributed by atoms with E-state index in [1.165, 1.54) is 0 Å². The molecule has 0 aliphatic rings. The topological polar surface area (TPSA) is 40.5 Å². The summed E-state index contributed by atoms with van der Waals surface area (Å²) in [5.41, 5.74) is 1.14. The van der Waals surface area contributed by atoms with Crippen LogP contribution >= 0.6 is 11.8 Å². The Balaban J connectivity index is 2.33. The number of carbonyl (C=O) groups is 1. The van der Waals surface area contributed by atoms with Gasteiger partial charge in [-0.25, -0.2) is 0 Å². The van der Waals surface area contributed by atoms with E-state index in [2.05, 4.69) is 0 Å². The molecular formula is C14H21NO2S. The van der Waals surface area contributed by atoms with Crippen molar-refractivity contribution >= 4 is 17.7 Å². The molecule has 1 atom stereocenters. The standard InChI is InChI=1S/C14H21NO2S/c1-12(8-9-16)18-11-14(17)15(2)10-13-6-4-3-5-7-13/h3-7,12,16H,8-11H2,1-2H3. The zero-order chi connectivity index (χ0) is 13.4. The fourth-order valence-corrected chi connectivity index (χ4v) is 2.45. The first-order valence-electron chi connectivity index (χ1n) is 6.14. The van der Waals surface area contributed by atoms with Gasteiger partial charge in [0.05, 0.1) is 5.75 Å². The first-order valence-corrected chi connectivity index (χ1v) is 7.18. The Morgan fingerprint density at radius 2 is 2.06 bits per heavy atom. The molecule has 0 aliphatic carbocycles. The molecule has 0 fully saturated rings. The molecule has 100 valence electrons. The number of rotatable bonds is 7. The second-order valence-corrected chi connectivity index (χ2v) is 5.80. The highest BCUT2D eigenvalue weighted by molar-refractivity contribution is 8.00. The third-order valence-electron chi connectivity index (χ3n) is 2.72. The van der Waals surface area contributed by atoms with Crippen LogP contribution in [0.1, 0.15) is 18.9 Å². The van der Waals surface area contributed by atoms with Gasteiger partial charge in [-0.3, -0.25) is 4.79 Å². The van der Waals surface area contributed by atoms with Crippen molar-refractivity contribution in [3.05, 3.63) is 35.9 Å². The minimum Gasteiger partial charge on any atom is -0.396 e. The second kappa shape index (κ2) is 8.16. The maximum absolute atomic E-state index is 11.9. The van der Waals surface area contributed by atoms with Crippen LogP contribution in [0.15, 0.2) is 30.3 Å². The molecule has 0 heterocycles. The highest BCUT2D eigenvalue weighted by atomic mass is 32.2. The summed E-state index contributed by atoms with van der Waals surface area (Å²) in [7, 11) is 1.83. The SMILES string of the molecule is CC(CCO)SCC(=O)N(C)Cc1ccccc1. The van der Waals surface area contributed by atoms with Crippen LogP contribution in [0.5, 0.6) is 0 Å². The highest BCUT2D eigenvalue weighted by Crippen LogP contribution is 2.14. The first-order chi connectivity index (χ1) is 8.63. The molecule has 1 rings (SSSR count). The second-order valence-electron chi connectivity index (χ2n) is 4.37. The Bertz CT molecular complexity index is 356. The van der Waals surface area contributed by atoms with Crippen LogP contribution in [-0.4, -0.2) is 40.6 Å². The Morgan fingerprint density at radius 1 is 1.39 bits per heavy atom. The lowest BCUT2D eigenvalue weighted by Gasteiger charge is -2.18. The average molecular weight is 267 g/mol. The van der Waals surface area contributed by atoms with Crippen LogP contribution in [0.2, 0.25) is 0 Å². The van der Waals surface area contributed by atoms with Gasteiger partial charge >= 0.3 is 0 Å². The fraction of sp³-hybridized carbons (Fsp3) is 0.500. The number of carbonyl (C=O) groups excluding carboxylic acids is 1. The zero-order valence-corrected chi connectivity index (χ0v) is 11.8. The summed E-state index contributed by atoms with van der Waals surface area (Å²) < 4.78 is 0. The van der Waals surface area contributed by atoms with Gasteiger partial charge in [0.15, 0.2) is 0 Å². The average Bonchev–Trinajstić information content (AvgIpc) is 2.37. The van der Waals surface area contributed by atoms with Crippen LogP contribution in [0.25, 0.3) is 0 Å². The normalized spacial score (nSPS) is 12.2. The van der Waals surface area contributed by atoms with Crippen molar-refractivity contribution in [1.82, 2.24) is 4.90 Å². The maximum atomic E-state index is 11.9. The Labute approximate surface area is 113 Å². The summed E-state index contributed by atoms with van der Waals surface area (Å²) in [5.74, 6) is 0.610. The van der Waals surface area contributed by atoms with Crippen molar-refractivity contribution in [2.45, 2.75) is 25.1 Å². The van der Waals surface area contributed by atoms with Gasteiger partial charge in [0.25, 0.3) is 0 Å². The van der Waals surface area contributed by atoms with E-state index in [1.54, 1.807) is 16.7 Å². The molecular weight excluding hydrogens is 246 g/mol. The van der Waals surface area contributed by atoms with Crippen molar-refractivity contribution in [2.24, 2.45) is 0 Å². The molecule has 0 bridgehead atoms. The first kappa shape index (κ1) is 15.1. The van der Waals surface area contributed by atoms with E-state index < -0.39 is 0 Å². The summed E-state index contributed by atoms with van der Waals surface area (Å²) in [4.78, 5) is 13.6. The monoisotopic (exact) mass is 267 g/mol. The zero-order valence-electron chi connectivity index (χ0n) is 11.0.